The number of aromatic nitrogens is 1. The molecule has 1 aromatic heterocycles. The zero-order valence-electron chi connectivity index (χ0n) is 13.9. The number of carbonyl (C=O) groups is 2. The first kappa shape index (κ1) is 17.0. The van der Waals surface area contributed by atoms with Crippen molar-refractivity contribution in [2.45, 2.75) is 38.1 Å². The summed E-state index contributed by atoms with van der Waals surface area (Å²) >= 11 is 0. The van der Waals surface area contributed by atoms with Crippen molar-refractivity contribution >= 4 is 11.8 Å². The lowest BCUT2D eigenvalue weighted by Gasteiger charge is -2.26. The standard InChI is InChI=1S/C19H21N3O3/c20-18(24)14-11-13-15(7-4-8-16(13)22-19(14)25)21-17(23)10-9-12-5-2-1-3-6-12/h1-3,5-6,11,15H,4,7-10H2,(H2,20,24)(H,21,23)(H,22,25). The number of aromatic amines is 1. The summed E-state index contributed by atoms with van der Waals surface area (Å²) in [6, 6.07) is 11.2. The summed E-state index contributed by atoms with van der Waals surface area (Å²) in [6.07, 6.45) is 3.42. The van der Waals surface area contributed by atoms with E-state index in [0.29, 0.717) is 12.8 Å². The minimum Gasteiger partial charge on any atom is -0.365 e. The Kier molecular flexibility index (Phi) is 4.97. The molecule has 0 spiro atoms. The fraction of sp³-hybridized carbons (Fsp3) is 0.316. The molecular formula is C19H21N3O3. The number of nitrogens with two attached hydrogens (primary N) is 1. The van der Waals surface area contributed by atoms with Gasteiger partial charge in [0.25, 0.3) is 11.5 Å². The van der Waals surface area contributed by atoms with Crippen LogP contribution in [-0.4, -0.2) is 16.8 Å². The van der Waals surface area contributed by atoms with Gasteiger partial charge in [-0.3, -0.25) is 14.4 Å². The number of rotatable bonds is 5. The molecule has 0 saturated heterocycles. The lowest BCUT2D eigenvalue weighted by atomic mass is 9.90. The number of carbonyl (C=O) groups excluding carboxylic acids is 2. The SMILES string of the molecule is NC(=O)c1cc2c([nH]c1=O)CCCC2NC(=O)CCc1ccccc1. The van der Waals surface area contributed by atoms with Crippen LogP contribution in [0.3, 0.4) is 0 Å². The number of nitrogens with one attached hydrogen (secondary N) is 2. The Labute approximate surface area is 145 Å². The number of hydrogen-bond donors (Lipinski definition) is 3. The van der Waals surface area contributed by atoms with E-state index < -0.39 is 11.5 Å². The van der Waals surface area contributed by atoms with Crippen molar-refractivity contribution < 1.29 is 9.59 Å². The number of amides is 2. The van der Waals surface area contributed by atoms with E-state index in [4.69, 9.17) is 5.73 Å². The Bertz CT molecular complexity index is 843. The molecule has 4 N–H and O–H groups in total. The molecule has 1 atom stereocenters. The van der Waals surface area contributed by atoms with Crippen LogP contribution in [0.25, 0.3) is 0 Å². The van der Waals surface area contributed by atoms with Gasteiger partial charge < -0.3 is 16.0 Å². The molecule has 0 bridgehead atoms. The van der Waals surface area contributed by atoms with Crippen molar-refractivity contribution in [3.63, 3.8) is 0 Å². The van der Waals surface area contributed by atoms with Gasteiger partial charge in [0.15, 0.2) is 0 Å². The van der Waals surface area contributed by atoms with E-state index in [2.05, 4.69) is 10.3 Å². The van der Waals surface area contributed by atoms with E-state index in [-0.39, 0.29) is 17.5 Å². The Morgan fingerprint density at radius 1 is 1.24 bits per heavy atom. The smallest absolute Gasteiger partial charge is 0.261 e. The molecule has 0 saturated carbocycles. The van der Waals surface area contributed by atoms with Crippen molar-refractivity contribution in [2.24, 2.45) is 5.73 Å². The topological polar surface area (TPSA) is 105 Å². The van der Waals surface area contributed by atoms with Gasteiger partial charge in [0, 0.05) is 12.1 Å². The van der Waals surface area contributed by atoms with Crippen molar-refractivity contribution in [2.75, 3.05) is 0 Å². The molecule has 2 aromatic rings. The van der Waals surface area contributed by atoms with Crippen molar-refractivity contribution in [1.82, 2.24) is 10.3 Å². The third kappa shape index (κ3) is 3.96. The van der Waals surface area contributed by atoms with Gasteiger partial charge in [-0.25, -0.2) is 0 Å². The zero-order valence-corrected chi connectivity index (χ0v) is 13.9. The van der Waals surface area contributed by atoms with Gasteiger partial charge in [0.2, 0.25) is 5.91 Å². The van der Waals surface area contributed by atoms with E-state index in [0.717, 1.165) is 36.1 Å². The molecule has 1 aromatic carbocycles. The molecular weight excluding hydrogens is 318 g/mol. The molecule has 130 valence electrons. The number of H-pyrrole nitrogens is 1. The van der Waals surface area contributed by atoms with Gasteiger partial charge in [0.05, 0.1) is 6.04 Å². The summed E-state index contributed by atoms with van der Waals surface area (Å²) in [5.41, 5.74) is 7.40. The lowest BCUT2D eigenvalue weighted by molar-refractivity contribution is -0.121. The van der Waals surface area contributed by atoms with Gasteiger partial charge in [0.1, 0.15) is 5.56 Å². The molecule has 25 heavy (non-hydrogen) atoms. The maximum atomic E-state index is 12.3. The average Bonchev–Trinajstić information content (AvgIpc) is 2.60. The van der Waals surface area contributed by atoms with Crippen LogP contribution in [0.5, 0.6) is 0 Å². The first-order chi connectivity index (χ1) is 12.0. The number of fused-ring (bicyclic) bond motifs is 1. The third-order valence-corrected chi connectivity index (χ3v) is 4.54. The van der Waals surface area contributed by atoms with Gasteiger partial charge in [-0.05, 0) is 42.9 Å². The molecule has 3 rings (SSSR count). The summed E-state index contributed by atoms with van der Waals surface area (Å²) in [6.45, 7) is 0. The van der Waals surface area contributed by atoms with Crippen molar-refractivity contribution in [3.8, 4) is 0 Å². The molecule has 1 unspecified atom stereocenters. The first-order valence-electron chi connectivity index (χ1n) is 8.44. The maximum absolute atomic E-state index is 12.3. The molecule has 1 aliphatic rings. The highest BCUT2D eigenvalue weighted by Crippen LogP contribution is 2.28. The Hall–Kier alpha value is -2.89. The van der Waals surface area contributed by atoms with E-state index >= 15 is 0 Å². The predicted octanol–water partition coefficient (Wildman–Crippen LogP) is 1.60. The van der Waals surface area contributed by atoms with Gasteiger partial charge in [-0.15, -0.1) is 0 Å². The quantitative estimate of drug-likeness (QED) is 0.770. The number of aryl methyl sites for hydroxylation is 2. The maximum Gasteiger partial charge on any atom is 0.261 e. The summed E-state index contributed by atoms with van der Waals surface area (Å²) in [7, 11) is 0. The summed E-state index contributed by atoms with van der Waals surface area (Å²) in [5.74, 6) is -0.808. The van der Waals surface area contributed by atoms with Crippen LogP contribution in [-0.2, 0) is 17.6 Å². The van der Waals surface area contributed by atoms with Gasteiger partial charge in [-0.1, -0.05) is 30.3 Å². The predicted molar refractivity (Wildman–Crippen MR) is 94.2 cm³/mol. The molecule has 0 radical (unpaired) electrons. The monoisotopic (exact) mass is 339 g/mol. The fourth-order valence-corrected chi connectivity index (χ4v) is 3.24. The minimum atomic E-state index is -0.760. The van der Waals surface area contributed by atoms with Crippen LogP contribution < -0.4 is 16.6 Å². The second-order valence-electron chi connectivity index (χ2n) is 6.31. The van der Waals surface area contributed by atoms with E-state index in [1.165, 1.54) is 6.07 Å². The number of pyridine rings is 1. The van der Waals surface area contributed by atoms with Crippen molar-refractivity contribution in [3.05, 3.63) is 69.1 Å². The van der Waals surface area contributed by atoms with Crippen LogP contribution in [0.2, 0.25) is 0 Å². The van der Waals surface area contributed by atoms with Gasteiger partial charge in [-0.2, -0.15) is 0 Å². The van der Waals surface area contributed by atoms with Crippen LogP contribution in [0, 0.1) is 0 Å². The number of benzene rings is 1. The highest BCUT2D eigenvalue weighted by Gasteiger charge is 2.24. The fourth-order valence-electron chi connectivity index (χ4n) is 3.24. The molecule has 2 amide bonds. The lowest BCUT2D eigenvalue weighted by Crippen LogP contribution is -2.34. The second kappa shape index (κ2) is 7.34. The average molecular weight is 339 g/mol. The molecule has 1 heterocycles. The van der Waals surface area contributed by atoms with E-state index in [1.807, 2.05) is 30.3 Å². The normalized spacial score (nSPS) is 16.1. The number of primary amides is 1. The Balaban J connectivity index is 1.72. The van der Waals surface area contributed by atoms with Crippen LogP contribution in [0.15, 0.2) is 41.2 Å². The van der Waals surface area contributed by atoms with Crippen LogP contribution >= 0.6 is 0 Å². The Morgan fingerprint density at radius 3 is 2.72 bits per heavy atom. The Morgan fingerprint density at radius 2 is 2.00 bits per heavy atom. The molecule has 6 heteroatoms. The molecule has 1 aliphatic carbocycles. The van der Waals surface area contributed by atoms with Crippen LogP contribution in [0.4, 0.5) is 0 Å². The molecule has 0 aliphatic heterocycles. The minimum absolute atomic E-state index is 0.0477. The first-order valence-corrected chi connectivity index (χ1v) is 8.44. The van der Waals surface area contributed by atoms with E-state index in [1.54, 1.807) is 0 Å². The second-order valence-corrected chi connectivity index (χ2v) is 6.31. The largest absolute Gasteiger partial charge is 0.365 e. The summed E-state index contributed by atoms with van der Waals surface area (Å²) in [4.78, 5) is 38.3. The van der Waals surface area contributed by atoms with Crippen molar-refractivity contribution in [1.29, 1.82) is 0 Å². The third-order valence-electron chi connectivity index (χ3n) is 4.54. The summed E-state index contributed by atoms with van der Waals surface area (Å²) < 4.78 is 0. The molecule has 0 fully saturated rings. The zero-order chi connectivity index (χ0) is 17.8. The molecule has 6 nitrogen and oxygen atoms in total. The number of hydrogen-bond acceptors (Lipinski definition) is 3. The highest BCUT2D eigenvalue weighted by molar-refractivity contribution is 5.92. The van der Waals surface area contributed by atoms with Gasteiger partial charge >= 0.3 is 0 Å². The highest BCUT2D eigenvalue weighted by atomic mass is 16.2. The van der Waals surface area contributed by atoms with Crippen LogP contribution in [0.1, 0.15) is 52.5 Å². The summed E-state index contributed by atoms with van der Waals surface area (Å²) in [5, 5.41) is 3.02. The van der Waals surface area contributed by atoms with E-state index in [9.17, 15) is 14.4 Å².